The van der Waals surface area contributed by atoms with Crippen molar-refractivity contribution in [2.75, 3.05) is 0 Å². The van der Waals surface area contributed by atoms with Crippen LogP contribution in [-0.4, -0.2) is 15.5 Å². The van der Waals surface area contributed by atoms with Crippen LogP contribution in [0.15, 0.2) is 46.8 Å². The first-order valence-corrected chi connectivity index (χ1v) is 10.1. The molecule has 3 rings (SSSR count). The van der Waals surface area contributed by atoms with Gasteiger partial charge in [-0.05, 0) is 34.4 Å². The van der Waals surface area contributed by atoms with Gasteiger partial charge in [-0.2, -0.15) is 0 Å². The number of benzene rings is 1. The molecule has 0 saturated heterocycles. The van der Waals surface area contributed by atoms with Crippen molar-refractivity contribution in [3.63, 3.8) is 0 Å². The Morgan fingerprint density at radius 2 is 1.78 bits per heavy atom. The molecule has 1 amide bonds. The van der Waals surface area contributed by atoms with Crippen LogP contribution in [0.4, 0.5) is 0 Å². The van der Waals surface area contributed by atoms with Crippen molar-refractivity contribution in [1.82, 2.24) is 14.9 Å². The van der Waals surface area contributed by atoms with Gasteiger partial charge < -0.3 is 5.32 Å². The number of nitrogens with one attached hydrogen (secondary N) is 1. The standard InChI is InChI=1S/C21H25N3O2S/c1-13(2)15-5-7-16(8-6-15)19(14(3)4)23-18(25)11-24-12-22-20-17(21(24)26)9-10-27-20/h5-10,12-14,19H,11H2,1-4H3,(H,23,25)/t19-/m0/s1. The van der Waals surface area contributed by atoms with Crippen molar-refractivity contribution in [2.45, 2.75) is 46.2 Å². The van der Waals surface area contributed by atoms with Crippen molar-refractivity contribution >= 4 is 27.5 Å². The van der Waals surface area contributed by atoms with Crippen molar-refractivity contribution in [1.29, 1.82) is 0 Å². The van der Waals surface area contributed by atoms with E-state index in [-0.39, 0.29) is 30.0 Å². The Labute approximate surface area is 163 Å². The largest absolute Gasteiger partial charge is 0.347 e. The van der Waals surface area contributed by atoms with Crippen molar-refractivity contribution in [3.05, 3.63) is 63.5 Å². The van der Waals surface area contributed by atoms with Gasteiger partial charge in [0.2, 0.25) is 5.91 Å². The van der Waals surface area contributed by atoms with Crippen LogP contribution in [0.5, 0.6) is 0 Å². The number of aromatic nitrogens is 2. The Kier molecular flexibility index (Phi) is 5.75. The van der Waals surface area contributed by atoms with E-state index in [1.54, 1.807) is 6.07 Å². The molecule has 0 aliphatic carbocycles. The molecule has 0 aliphatic rings. The molecule has 1 aromatic carbocycles. The fourth-order valence-corrected chi connectivity index (χ4v) is 3.83. The van der Waals surface area contributed by atoms with Crippen LogP contribution in [0, 0.1) is 5.92 Å². The van der Waals surface area contributed by atoms with E-state index in [1.807, 2.05) is 5.38 Å². The van der Waals surface area contributed by atoms with E-state index < -0.39 is 0 Å². The molecule has 0 aliphatic heterocycles. The average Bonchev–Trinajstić information content (AvgIpc) is 3.11. The Morgan fingerprint density at radius 3 is 2.41 bits per heavy atom. The molecule has 5 nitrogen and oxygen atoms in total. The third kappa shape index (κ3) is 4.27. The molecule has 0 unspecified atom stereocenters. The Balaban J connectivity index is 1.76. The van der Waals surface area contributed by atoms with Gasteiger partial charge >= 0.3 is 0 Å². The van der Waals surface area contributed by atoms with Crippen molar-refractivity contribution in [2.24, 2.45) is 5.92 Å². The first-order valence-electron chi connectivity index (χ1n) is 9.18. The summed E-state index contributed by atoms with van der Waals surface area (Å²) in [6.45, 7) is 8.43. The first kappa shape index (κ1) is 19.3. The molecule has 1 atom stereocenters. The number of thiophene rings is 1. The lowest BCUT2D eigenvalue weighted by Gasteiger charge is -2.23. The van der Waals surface area contributed by atoms with Gasteiger partial charge in [-0.1, -0.05) is 52.0 Å². The van der Waals surface area contributed by atoms with Gasteiger partial charge in [-0.15, -0.1) is 11.3 Å². The summed E-state index contributed by atoms with van der Waals surface area (Å²) in [5.41, 5.74) is 2.16. The maximum Gasteiger partial charge on any atom is 0.262 e. The molecule has 0 radical (unpaired) electrons. The van der Waals surface area contributed by atoms with Crippen molar-refractivity contribution < 1.29 is 4.79 Å². The van der Waals surface area contributed by atoms with Gasteiger partial charge in [0.25, 0.3) is 5.56 Å². The van der Waals surface area contributed by atoms with Crippen LogP contribution in [0.25, 0.3) is 10.2 Å². The second kappa shape index (κ2) is 8.05. The molecule has 0 saturated carbocycles. The van der Waals surface area contributed by atoms with E-state index >= 15 is 0 Å². The molecule has 27 heavy (non-hydrogen) atoms. The highest BCUT2D eigenvalue weighted by Gasteiger charge is 2.19. The normalized spacial score (nSPS) is 12.7. The predicted molar refractivity (Wildman–Crippen MR) is 110 cm³/mol. The van der Waals surface area contributed by atoms with Crippen LogP contribution >= 0.6 is 11.3 Å². The highest BCUT2D eigenvalue weighted by atomic mass is 32.1. The number of fused-ring (bicyclic) bond motifs is 1. The molecule has 0 bridgehead atoms. The van der Waals surface area contributed by atoms with Gasteiger partial charge in [0.15, 0.2) is 0 Å². The molecule has 6 heteroatoms. The third-order valence-corrected chi connectivity index (χ3v) is 5.53. The smallest absolute Gasteiger partial charge is 0.262 e. The maximum atomic E-state index is 12.6. The summed E-state index contributed by atoms with van der Waals surface area (Å²) in [6, 6.07) is 10.0. The SMILES string of the molecule is CC(C)c1ccc([C@@H](NC(=O)Cn2cnc3sccc3c2=O)C(C)C)cc1. The third-order valence-electron chi connectivity index (χ3n) is 4.71. The van der Waals surface area contributed by atoms with E-state index in [1.165, 1.54) is 27.8 Å². The van der Waals surface area contributed by atoms with E-state index in [2.05, 4.69) is 62.3 Å². The Bertz CT molecular complexity index is 987. The van der Waals surface area contributed by atoms with Crippen molar-refractivity contribution in [3.8, 4) is 0 Å². The molecule has 3 aromatic rings. The fraction of sp³-hybridized carbons (Fsp3) is 0.381. The summed E-state index contributed by atoms with van der Waals surface area (Å²) < 4.78 is 1.36. The van der Waals surface area contributed by atoms with Crippen LogP contribution < -0.4 is 10.9 Å². The zero-order valence-electron chi connectivity index (χ0n) is 16.1. The minimum atomic E-state index is -0.194. The predicted octanol–water partition coefficient (Wildman–Crippen LogP) is 4.09. The van der Waals surface area contributed by atoms with Crippen LogP contribution in [0.2, 0.25) is 0 Å². The number of carbonyl (C=O) groups excluding carboxylic acids is 1. The zero-order valence-corrected chi connectivity index (χ0v) is 16.9. The summed E-state index contributed by atoms with van der Waals surface area (Å²) >= 11 is 1.42. The Morgan fingerprint density at radius 1 is 1.11 bits per heavy atom. The molecular formula is C21H25N3O2S. The lowest BCUT2D eigenvalue weighted by atomic mass is 9.93. The van der Waals surface area contributed by atoms with E-state index in [9.17, 15) is 9.59 Å². The number of rotatable bonds is 6. The zero-order chi connectivity index (χ0) is 19.6. The molecule has 0 fully saturated rings. The lowest BCUT2D eigenvalue weighted by molar-refractivity contribution is -0.122. The molecule has 2 aromatic heterocycles. The van der Waals surface area contributed by atoms with Gasteiger partial charge in [-0.3, -0.25) is 14.2 Å². The molecule has 2 heterocycles. The first-order chi connectivity index (χ1) is 12.9. The van der Waals surface area contributed by atoms with Gasteiger partial charge in [0.05, 0.1) is 17.8 Å². The number of hydrogen-bond acceptors (Lipinski definition) is 4. The molecule has 0 spiro atoms. The van der Waals surface area contributed by atoms with Crippen LogP contribution in [-0.2, 0) is 11.3 Å². The monoisotopic (exact) mass is 383 g/mol. The molecule has 1 N–H and O–H groups in total. The number of amides is 1. The van der Waals surface area contributed by atoms with E-state index in [4.69, 9.17) is 0 Å². The topological polar surface area (TPSA) is 64.0 Å². The van der Waals surface area contributed by atoms with E-state index in [0.717, 1.165) is 5.56 Å². The van der Waals surface area contributed by atoms with Gasteiger partial charge in [0, 0.05) is 0 Å². The van der Waals surface area contributed by atoms with Gasteiger partial charge in [0.1, 0.15) is 11.4 Å². The minimum Gasteiger partial charge on any atom is -0.347 e. The number of nitrogens with zero attached hydrogens (tertiary/aromatic N) is 2. The molecule has 142 valence electrons. The maximum absolute atomic E-state index is 12.6. The minimum absolute atomic E-state index is 0.0368. The summed E-state index contributed by atoms with van der Waals surface area (Å²) in [6.07, 6.45) is 1.45. The van der Waals surface area contributed by atoms with Crippen LogP contribution in [0.3, 0.4) is 0 Å². The number of hydrogen-bond donors (Lipinski definition) is 1. The Hall–Kier alpha value is -2.47. The summed E-state index contributed by atoms with van der Waals surface area (Å²) in [5.74, 6) is 0.505. The summed E-state index contributed by atoms with van der Waals surface area (Å²) in [5, 5.41) is 5.46. The lowest BCUT2D eigenvalue weighted by Crippen LogP contribution is -2.36. The molecular weight excluding hydrogens is 358 g/mol. The second-order valence-corrected chi connectivity index (χ2v) is 8.32. The average molecular weight is 384 g/mol. The number of carbonyl (C=O) groups is 1. The fourth-order valence-electron chi connectivity index (χ4n) is 3.10. The second-order valence-electron chi connectivity index (χ2n) is 7.43. The highest BCUT2D eigenvalue weighted by Crippen LogP contribution is 2.24. The summed E-state index contributed by atoms with van der Waals surface area (Å²) in [7, 11) is 0. The van der Waals surface area contributed by atoms with Crippen LogP contribution in [0.1, 0.15) is 50.8 Å². The highest BCUT2D eigenvalue weighted by molar-refractivity contribution is 7.16. The summed E-state index contributed by atoms with van der Waals surface area (Å²) in [4.78, 5) is 30.0. The quantitative estimate of drug-likeness (QED) is 0.697. The van der Waals surface area contributed by atoms with Gasteiger partial charge in [-0.25, -0.2) is 4.98 Å². The van der Waals surface area contributed by atoms with E-state index in [0.29, 0.717) is 16.1 Å².